The highest BCUT2D eigenvalue weighted by atomic mass is 32.2. The molecular weight excluding hydrogens is 418 g/mol. The van der Waals surface area contributed by atoms with Gasteiger partial charge < -0.3 is 19.9 Å². The maximum Gasteiger partial charge on any atom is 0.241 e. The van der Waals surface area contributed by atoms with Crippen molar-refractivity contribution < 1.29 is 18.8 Å². The fourth-order valence-electron chi connectivity index (χ4n) is 3.94. The maximum absolute atomic E-state index is 12.8. The Kier molecular flexibility index (Phi) is 5.65. The number of hydrogen-bond donors (Lipinski definition) is 2. The van der Waals surface area contributed by atoms with Crippen molar-refractivity contribution in [3.63, 3.8) is 0 Å². The molecule has 0 aliphatic carbocycles. The van der Waals surface area contributed by atoms with Crippen LogP contribution in [0.1, 0.15) is 29.8 Å². The molecule has 2 aromatic heterocycles. The molecule has 1 atom stereocenters. The van der Waals surface area contributed by atoms with Gasteiger partial charge in [0.15, 0.2) is 5.58 Å². The number of ether oxygens (including phenoxy) is 1. The molecule has 2 N–H and O–H groups in total. The van der Waals surface area contributed by atoms with Gasteiger partial charge in [-0.05, 0) is 25.0 Å². The van der Waals surface area contributed by atoms with Crippen molar-refractivity contribution >= 4 is 40.4 Å². The van der Waals surface area contributed by atoms with Crippen LogP contribution in [0.15, 0.2) is 28.8 Å². The number of para-hydroxylation sites is 1. The van der Waals surface area contributed by atoms with Crippen molar-refractivity contribution in [1.29, 1.82) is 0 Å². The van der Waals surface area contributed by atoms with Gasteiger partial charge in [-0.1, -0.05) is 17.3 Å². The smallest absolute Gasteiger partial charge is 0.241 e. The van der Waals surface area contributed by atoms with Crippen molar-refractivity contribution in [3.8, 4) is 0 Å². The molecule has 162 valence electrons. The number of hydrogen-bond acceptors (Lipinski definition) is 7. The number of carbonyl (C=O) groups is 2. The lowest BCUT2D eigenvalue weighted by molar-refractivity contribution is -0.122. The number of nitrogens with zero attached hydrogens (tertiary/aromatic N) is 3. The quantitative estimate of drug-likeness (QED) is 0.578. The number of anilines is 1. The number of nitrogens with one attached hydrogen (secondary N) is 2. The number of rotatable bonds is 7. The van der Waals surface area contributed by atoms with Crippen LogP contribution in [0.3, 0.4) is 0 Å². The van der Waals surface area contributed by atoms with Crippen LogP contribution >= 0.6 is 11.8 Å². The summed E-state index contributed by atoms with van der Waals surface area (Å²) in [7, 11) is 0. The first-order chi connectivity index (χ1) is 15.2. The van der Waals surface area contributed by atoms with Crippen molar-refractivity contribution in [2.45, 2.75) is 43.4 Å². The van der Waals surface area contributed by atoms with Gasteiger partial charge in [0.2, 0.25) is 11.8 Å². The van der Waals surface area contributed by atoms with Crippen LogP contribution in [0.4, 0.5) is 5.82 Å². The average molecular weight is 442 g/mol. The number of aromatic nitrogens is 3. The summed E-state index contributed by atoms with van der Waals surface area (Å²) in [6.07, 6.45) is 2.15. The molecule has 0 saturated carbocycles. The van der Waals surface area contributed by atoms with E-state index in [0.717, 1.165) is 47.6 Å². The van der Waals surface area contributed by atoms with Gasteiger partial charge in [0.1, 0.15) is 18.1 Å². The van der Waals surface area contributed by atoms with Gasteiger partial charge in [-0.25, -0.2) is 4.68 Å². The van der Waals surface area contributed by atoms with Crippen molar-refractivity contribution in [1.82, 2.24) is 20.3 Å². The molecule has 10 heteroatoms. The van der Waals surface area contributed by atoms with Crippen LogP contribution < -0.4 is 10.6 Å². The van der Waals surface area contributed by atoms with Crippen LogP contribution in [0, 0.1) is 0 Å². The molecule has 1 unspecified atom stereocenters. The van der Waals surface area contributed by atoms with Crippen molar-refractivity contribution in [3.05, 3.63) is 41.2 Å². The predicted octanol–water partition coefficient (Wildman–Crippen LogP) is 2.25. The largest absolute Gasteiger partial charge is 0.376 e. The molecule has 2 amide bonds. The van der Waals surface area contributed by atoms with Crippen molar-refractivity contribution in [2.75, 3.05) is 18.5 Å². The molecule has 9 nitrogen and oxygen atoms in total. The van der Waals surface area contributed by atoms with Gasteiger partial charge in [-0.3, -0.25) is 9.59 Å². The fraction of sp³-hybridized carbons (Fsp3) is 0.429. The number of fused-ring (bicyclic) bond motifs is 2. The van der Waals surface area contributed by atoms with E-state index in [-0.39, 0.29) is 30.9 Å². The highest BCUT2D eigenvalue weighted by Gasteiger charge is 2.26. The predicted molar refractivity (Wildman–Crippen MR) is 116 cm³/mol. The minimum Gasteiger partial charge on any atom is -0.376 e. The van der Waals surface area contributed by atoms with Gasteiger partial charge >= 0.3 is 0 Å². The number of carbonyl (C=O) groups excluding carboxylic acids is 2. The highest BCUT2D eigenvalue weighted by molar-refractivity contribution is 7.98. The molecule has 0 radical (unpaired) electrons. The molecule has 3 aromatic rings. The summed E-state index contributed by atoms with van der Waals surface area (Å²) in [5, 5.41) is 15.3. The number of amides is 2. The van der Waals surface area contributed by atoms with Gasteiger partial charge in [-0.2, -0.15) is 16.9 Å². The SMILES string of the molecule is O=C(Cn1nc2c(c1NC(=O)Cc1noc3ccccc13)CSC2)NCC1CCCO1. The summed E-state index contributed by atoms with van der Waals surface area (Å²) in [6, 6.07) is 7.44. The van der Waals surface area contributed by atoms with E-state index in [2.05, 4.69) is 20.9 Å². The van der Waals surface area contributed by atoms with Crippen LogP contribution in [0.25, 0.3) is 11.0 Å². The second kappa shape index (κ2) is 8.72. The van der Waals surface area contributed by atoms with E-state index < -0.39 is 0 Å². The molecule has 2 aliphatic rings. The lowest BCUT2D eigenvalue weighted by atomic mass is 10.1. The molecule has 1 aromatic carbocycles. The van der Waals surface area contributed by atoms with Crippen LogP contribution in [-0.2, 0) is 38.8 Å². The van der Waals surface area contributed by atoms with E-state index in [1.54, 1.807) is 16.4 Å². The van der Waals surface area contributed by atoms with Crippen molar-refractivity contribution in [2.24, 2.45) is 0 Å². The van der Waals surface area contributed by atoms with E-state index in [1.165, 1.54) is 0 Å². The maximum atomic E-state index is 12.8. The van der Waals surface area contributed by atoms with Gasteiger partial charge in [-0.15, -0.1) is 0 Å². The summed E-state index contributed by atoms with van der Waals surface area (Å²) < 4.78 is 12.4. The third-order valence-electron chi connectivity index (χ3n) is 5.50. The van der Waals surface area contributed by atoms with Crippen LogP contribution in [0.2, 0.25) is 0 Å². The molecule has 1 fully saturated rings. The first kappa shape index (κ1) is 20.1. The molecule has 31 heavy (non-hydrogen) atoms. The molecule has 4 heterocycles. The Hall–Kier alpha value is -2.85. The first-order valence-electron chi connectivity index (χ1n) is 10.3. The third kappa shape index (κ3) is 4.31. The molecule has 2 aliphatic heterocycles. The standard InChI is InChI=1S/C21H23N5O4S/c27-19(8-16-14-5-1-2-6-18(14)30-25-16)23-21-15-11-31-12-17(15)24-26(21)10-20(28)22-9-13-4-3-7-29-13/h1-2,5-6,13H,3-4,7-12H2,(H,22,28)(H,23,27). The van der Waals surface area contributed by atoms with E-state index in [0.29, 0.717) is 23.6 Å². The van der Waals surface area contributed by atoms with E-state index in [1.807, 2.05) is 24.3 Å². The number of thioether (sulfide) groups is 1. The van der Waals surface area contributed by atoms with Gasteiger partial charge in [0.05, 0.1) is 18.2 Å². The molecule has 0 bridgehead atoms. The molecule has 5 rings (SSSR count). The first-order valence-corrected chi connectivity index (χ1v) is 11.5. The normalized spacial score (nSPS) is 17.7. The van der Waals surface area contributed by atoms with Crippen LogP contribution in [-0.4, -0.2) is 46.0 Å². The Labute approximate surface area is 182 Å². The molecular formula is C21H23N5O4S. The zero-order valence-electron chi connectivity index (χ0n) is 16.9. The van der Waals surface area contributed by atoms with E-state index in [9.17, 15) is 9.59 Å². The van der Waals surface area contributed by atoms with Gasteiger partial charge in [0, 0.05) is 35.6 Å². The fourth-order valence-corrected chi connectivity index (χ4v) is 4.97. The van der Waals surface area contributed by atoms with Crippen LogP contribution in [0.5, 0.6) is 0 Å². The minimum absolute atomic E-state index is 0.0485. The highest BCUT2D eigenvalue weighted by Crippen LogP contribution is 2.34. The summed E-state index contributed by atoms with van der Waals surface area (Å²) >= 11 is 1.74. The second-order valence-corrected chi connectivity index (χ2v) is 8.70. The molecule has 1 saturated heterocycles. The Bertz CT molecular complexity index is 1120. The monoisotopic (exact) mass is 441 g/mol. The average Bonchev–Trinajstić information content (AvgIpc) is 3.54. The summed E-state index contributed by atoms with van der Waals surface area (Å²) in [5.41, 5.74) is 3.13. The summed E-state index contributed by atoms with van der Waals surface area (Å²) in [5.74, 6) is 1.75. The lowest BCUT2D eigenvalue weighted by Gasteiger charge is -2.13. The minimum atomic E-state index is -0.223. The summed E-state index contributed by atoms with van der Waals surface area (Å²) in [4.78, 5) is 25.3. The third-order valence-corrected chi connectivity index (χ3v) is 6.47. The zero-order chi connectivity index (χ0) is 21.2. The topological polar surface area (TPSA) is 111 Å². The Morgan fingerprint density at radius 3 is 3.00 bits per heavy atom. The number of benzene rings is 1. The Balaban J connectivity index is 1.28. The zero-order valence-corrected chi connectivity index (χ0v) is 17.7. The lowest BCUT2D eigenvalue weighted by Crippen LogP contribution is -2.34. The Morgan fingerprint density at radius 1 is 1.23 bits per heavy atom. The van der Waals surface area contributed by atoms with E-state index in [4.69, 9.17) is 9.26 Å². The summed E-state index contributed by atoms with van der Waals surface area (Å²) in [6.45, 7) is 1.30. The van der Waals surface area contributed by atoms with E-state index >= 15 is 0 Å². The molecule has 0 spiro atoms. The van der Waals surface area contributed by atoms with Gasteiger partial charge in [0.25, 0.3) is 0 Å². The second-order valence-electron chi connectivity index (χ2n) is 7.71. The Morgan fingerprint density at radius 2 is 2.13 bits per heavy atom.